The first-order valence-corrected chi connectivity index (χ1v) is 5.68. The highest BCUT2D eigenvalue weighted by atomic mass is 35.5. The fraction of sp³-hybridized carbons (Fsp3) is 0.417. The van der Waals surface area contributed by atoms with E-state index in [0.29, 0.717) is 25.9 Å². The molecule has 0 aromatic heterocycles. The number of nitrogens with two attached hydrogens (primary N) is 1. The van der Waals surface area contributed by atoms with Gasteiger partial charge in [-0.25, -0.2) is 13.2 Å². The van der Waals surface area contributed by atoms with Crippen molar-refractivity contribution in [1.29, 1.82) is 0 Å². The zero-order chi connectivity index (χ0) is 13.3. The Morgan fingerprint density at radius 2 is 1.63 bits per heavy atom. The Labute approximate surface area is 115 Å². The number of carbonyl (C=O) groups excluding carboxylic acids is 1. The molecule has 2 N–H and O–H groups in total. The first kappa shape index (κ1) is 15.8. The lowest BCUT2D eigenvalue weighted by atomic mass is 10.0. The van der Waals surface area contributed by atoms with Crippen molar-refractivity contribution in [3.05, 3.63) is 35.1 Å². The van der Waals surface area contributed by atoms with Gasteiger partial charge < -0.3 is 10.6 Å². The Kier molecular flexibility index (Phi) is 5.20. The van der Waals surface area contributed by atoms with Gasteiger partial charge in [0.15, 0.2) is 17.5 Å². The number of benzene rings is 1. The predicted molar refractivity (Wildman–Crippen MR) is 66.7 cm³/mol. The van der Waals surface area contributed by atoms with Crippen LogP contribution in [0.1, 0.15) is 23.2 Å². The maximum atomic E-state index is 13.0. The van der Waals surface area contributed by atoms with Crippen LogP contribution in [0.15, 0.2) is 12.1 Å². The van der Waals surface area contributed by atoms with Crippen LogP contribution in [-0.4, -0.2) is 29.9 Å². The molecule has 0 aliphatic carbocycles. The SMILES string of the molecule is Cl.NC1CCN(C(=O)c2cc(F)c(F)c(F)c2)CC1. The Bertz CT molecular complexity index is 453. The topological polar surface area (TPSA) is 46.3 Å². The molecule has 1 saturated heterocycles. The largest absolute Gasteiger partial charge is 0.339 e. The third kappa shape index (κ3) is 3.39. The average molecular weight is 295 g/mol. The zero-order valence-electron chi connectivity index (χ0n) is 10.0. The minimum atomic E-state index is -1.56. The van der Waals surface area contributed by atoms with E-state index in [2.05, 4.69) is 0 Å². The molecule has 1 amide bonds. The summed E-state index contributed by atoms with van der Waals surface area (Å²) < 4.78 is 38.8. The Hall–Kier alpha value is -1.27. The van der Waals surface area contributed by atoms with Crippen LogP contribution in [0.5, 0.6) is 0 Å². The van der Waals surface area contributed by atoms with Crippen molar-refractivity contribution < 1.29 is 18.0 Å². The Morgan fingerprint density at radius 3 is 2.11 bits per heavy atom. The number of likely N-dealkylation sites (tertiary alicyclic amines) is 1. The van der Waals surface area contributed by atoms with E-state index in [-0.39, 0.29) is 24.0 Å². The first-order chi connectivity index (χ1) is 8.49. The van der Waals surface area contributed by atoms with E-state index in [1.54, 1.807) is 0 Å². The minimum Gasteiger partial charge on any atom is -0.339 e. The molecule has 2 rings (SSSR count). The number of carbonyl (C=O) groups is 1. The van der Waals surface area contributed by atoms with Crippen molar-refractivity contribution in [2.75, 3.05) is 13.1 Å². The molecule has 1 fully saturated rings. The molecule has 1 aromatic carbocycles. The highest BCUT2D eigenvalue weighted by molar-refractivity contribution is 5.94. The lowest BCUT2D eigenvalue weighted by molar-refractivity contribution is 0.0713. The van der Waals surface area contributed by atoms with E-state index in [9.17, 15) is 18.0 Å². The van der Waals surface area contributed by atoms with E-state index in [0.717, 1.165) is 12.1 Å². The summed E-state index contributed by atoms with van der Waals surface area (Å²) in [6.45, 7) is 0.890. The van der Waals surface area contributed by atoms with Crippen LogP contribution in [0.2, 0.25) is 0 Å². The molecule has 19 heavy (non-hydrogen) atoms. The number of hydrogen-bond donors (Lipinski definition) is 1. The molecule has 106 valence electrons. The molecule has 0 spiro atoms. The number of rotatable bonds is 1. The molecule has 7 heteroatoms. The maximum absolute atomic E-state index is 13.0. The van der Waals surface area contributed by atoms with Crippen LogP contribution >= 0.6 is 12.4 Å². The summed E-state index contributed by atoms with van der Waals surface area (Å²) in [5.74, 6) is -4.77. The summed E-state index contributed by atoms with van der Waals surface area (Å²) in [5, 5.41) is 0. The Balaban J connectivity index is 0.00000180. The van der Waals surface area contributed by atoms with Gasteiger partial charge >= 0.3 is 0 Å². The summed E-state index contributed by atoms with van der Waals surface area (Å²) in [6.07, 6.45) is 1.30. The molecule has 1 aromatic rings. The van der Waals surface area contributed by atoms with Gasteiger partial charge in [-0.15, -0.1) is 12.4 Å². The molecule has 1 heterocycles. The van der Waals surface area contributed by atoms with E-state index in [4.69, 9.17) is 5.73 Å². The van der Waals surface area contributed by atoms with Gasteiger partial charge in [-0.05, 0) is 25.0 Å². The van der Waals surface area contributed by atoms with Gasteiger partial charge in [0.2, 0.25) is 0 Å². The molecule has 0 radical (unpaired) electrons. The number of piperidine rings is 1. The summed E-state index contributed by atoms with van der Waals surface area (Å²) in [5.41, 5.74) is 5.52. The summed E-state index contributed by atoms with van der Waals surface area (Å²) in [6, 6.07) is 1.49. The summed E-state index contributed by atoms with van der Waals surface area (Å²) in [4.78, 5) is 13.4. The van der Waals surface area contributed by atoms with E-state index in [1.165, 1.54) is 4.90 Å². The normalized spacial score (nSPS) is 16.1. The summed E-state index contributed by atoms with van der Waals surface area (Å²) in [7, 11) is 0. The quantitative estimate of drug-likeness (QED) is 0.806. The van der Waals surface area contributed by atoms with Gasteiger partial charge in [-0.3, -0.25) is 4.79 Å². The van der Waals surface area contributed by atoms with Crippen molar-refractivity contribution >= 4 is 18.3 Å². The molecule has 0 atom stereocenters. The van der Waals surface area contributed by atoms with Gasteiger partial charge in [0.1, 0.15) is 0 Å². The van der Waals surface area contributed by atoms with Crippen molar-refractivity contribution in [2.45, 2.75) is 18.9 Å². The van der Waals surface area contributed by atoms with Gasteiger partial charge in [0.05, 0.1) is 0 Å². The molecular formula is C12H14ClF3N2O. The van der Waals surface area contributed by atoms with Crippen LogP contribution in [0.4, 0.5) is 13.2 Å². The van der Waals surface area contributed by atoms with E-state index >= 15 is 0 Å². The Morgan fingerprint density at radius 1 is 1.16 bits per heavy atom. The van der Waals surface area contributed by atoms with Crippen LogP contribution in [0.25, 0.3) is 0 Å². The van der Waals surface area contributed by atoms with Gasteiger partial charge in [0, 0.05) is 24.7 Å². The minimum absolute atomic E-state index is 0. The van der Waals surface area contributed by atoms with E-state index < -0.39 is 23.4 Å². The van der Waals surface area contributed by atoms with Gasteiger partial charge in [0.25, 0.3) is 5.91 Å². The second kappa shape index (κ2) is 6.25. The number of halogens is 4. The van der Waals surface area contributed by atoms with Gasteiger partial charge in [-0.2, -0.15) is 0 Å². The lowest BCUT2D eigenvalue weighted by Gasteiger charge is -2.30. The van der Waals surface area contributed by atoms with Gasteiger partial charge in [-0.1, -0.05) is 0 Å². The molecule has 0 saturated carbocycles. The molecule has 3 nitrogen and oxygen atoms in total. The van der Waals surface area contributed by atoms with Crippen LogP contribution in [-0.2, 0) is 0 Å². The average Bonchev–Trinajstić information content (AvgIpc) is 2.35. The van der Waals surface area contributed by atoms with Crippen molar-refractivity contribution in [1.82, 2.24) is 4.90 Å². The molecular weight excluding hydrogens is 281 g/mol. The standard InChI is InChI=1S/C12H13F3N2O.ClH/c13-9-5-7(6-10(14)11(9)15)12(18)17-3-1-8(16)2-4-17;/h5-6,8H,1-4,16H2;1H. The second-order valence-electron chi connectivity index (χ2n) is 4.38. The number of amides is 1. The maximum Gasteiger partial charge on any atom is 0.254 e. The van der Waals surface area contributed by atoms with Crippen molar-refractivity contribution in [3.63, 3.8) is 0 Å². The summed E-state index contributed by atoms with van der Waals surface area (Å²) >= 11 is 0. The second-order valence-corrected chi connectivity index (χ2v) is 4.38. The first-order valence-electron chi connectivity index (χ1n) is 5.68. The highest BCUT2D eigenvalue weighted by Crippen LogP contribution is 2.17. The van der Waals surface area contributed by atoms with E-state index in [1.807, 2.05) is 0 Å². The van der Waals surface area contributed by atoms with Crippen LogP contribution < -0.4 is 5.73 Å². The molecule has 1 aliphatic rings. The van der Waals surface area contributed by atoms with Crippen LogP contribution in [0, 0.1) is 17.5 Å². The monoisotopic (exact) mass is 294 g/mol. The lowest BCUT2D eigenvalue weighted by Crippen LogP contribution is -2.42. The smallest absolute Gasteiger partial charge is 0.254 e. The molecule has 0 bridgehead atoms. The molecule has 1 aliphatic heterocycles. The van der Waals surface area contributed by atoms with Crippen LogP contribution in [0.3, 0.4) is 0 Å². The fourth-order valence-corrected chi connectivity index (χ4v) is 1.96. The number of nitrogens with zero attached hydrogens (tertiary/aromatic N) is 1. The van der Waals surface area contributed by atoms with Crippen molar-refractivity contribution in [3.8, 4) is 0 Å². The zero-order valence-corrected chi connectivity index (χ0v) is 10.9. The third-order valence-electron chi connectivity index (χ3n) is 3.06. The van der Waals surface area contributed by atoms with Crippen molar-refractivity contribution in [2.24, 2.45) is 5.73 Å². The molecule has 0 unspecified atom stereocenters. The predicted octanol–water partition coefficient (Wildman–Crippen LogP) is 2.09. The number of hydrogen-bond acceptors (Lipinski definition) is 2. The third-order valence-corrected chi connectivity index (χ3v) is 3.06. The fourth-order valence-electron chi connectivity index (χ4n) is 1.96. The highest BCUT2D eigenvalue weighted by Gasteiger charge is 2.23.